The van der Waals surface area contributed by atoms with Crippen LogP contribution in [0.3, 0.4) is 0 Å². The van der Waals surface area contributed by atoms with Gasteiger partial charge in [0.05, 0.1) is 21.5 Å². The molecular formula is C21H43NaO4S. The summed E-state index contributed by atoms with van der Waals surface area (Å²) in [5.41, 5.74) is 0. The van der Waals surface area contributed by atoms with Gasteiger partial charge in [0.25, 0.3) is 0 Å². The molecule has 0 radical (unpaired) electrons. The van der Waals surface area contributed by atoms with E-state index < -0.39 is 21.5 Å². The standard InChI is InChI=1S/C21H44O4S.Na/c1-3-4-5-6-7-8-9-10-11-12-13-14-15-16-17-18-19-21(22)20(2)26(23,24)25;/h20-22H,3-19H2,1-2H3,(H,23,24,25);/q;+1/p-1. The maximum absolute atomic E-state index is 10.8. The molecule has 0 fully saturated rings. The summed E-state index contributed by atoms with van der Waals surface area (Å²) in [4.78, 5) is 0. The maximum atomic E-state index is 10.8. The van der Waals surface area contributed by atoms with Crippen molar-refractivity contribution in [2.45, 2.75) is 134 Å². The van der Waals surface area contributed by atoms with Crippen LogP contribution in [0, 0.1) is 0 Å². The van der Waals surface area contributed by atoms with E-state index >= 15 is 0 Å². The van der Waals surface area contributed by atoms with Crippen molar-refractivity contribution in [3.8, 4) is 0 Å². The summed E-state index contributed by atoms with van der Waals surface area (Å²) in [6.45, 7) is 3.55. The molecule has 0 aliphatic rings. The van der Waals surface area contributed by atoms with Crippen LogP contribution >= 0.6 is 0 Å². The summed E-state index contributed by atoms with van der Waals surface area (Å²) in [7, 11) is -4.37. The molecule has 27 heavy (non-hydrogen) atoms. The first kappa shape index (κ1) is 30.1. The van der Waals surface area contributed by atoms with Crippen LogP contribution in [-0.4, -0.2) is 29.4 Å². The van der Waals surface area contributed by atoms with Gasteiger partial charge in [0.2, 0.25) is 0 Å². The van der Waals surface area contributed by atoms with Crippen LogP contribution in [0.1, 0.15) is 123 Å². The molecule has 0 heterocycles. The molecule has 0 aromatic heterocycles. The van der Waals surface area contributed by atoms with Gasteiger partial charge in [0.15, 0.2) is 0 Å². The Balaban J connectivity index is 0. The first-order chi connectivity index (χ1) is 12.4. The molecule has 4 nitrogen and oxygen atoms in total. The topological polar surface area (TPSA) is 77.4 Å². The summed E-state index contributed by atoms with van der Waals surface area (Å²) in [5, 5.41) is 8.49. The minimum atomic E-state index is -4.37. The van der Waals surface area contributed by atoms with Gasteiger partial charge >= 0.3 is 29.6 Å². The van der Waals surface area contributed by atoms with Gasteiger partial charge in [-0.15, -0.1) is 0 Å². The number of aliphatic hydroxyl groups excluding tert-OH is 1. The Morgan fingerprint density at radius 2 is 1.00 bits per heavy atom. The van der Waals surface area contributed by atoms with Crippen molar-refractivity contribution < 1.29 is 47.6 Å². The number of hydrogen-bond donors (Lipinski definition) is 1. The molecule has 0 amide bonds. The Hall–Kier alpha value is 0.870. The molecule has 0 aliphatic heterocycles. The molecule has 0 aliphatic carbocycles. The Morgan fingerprint density at radius 3 is 1.30 bits per heavy atom. The van der Waals surface area contributed by atoms with Crippen LogP contribution in [-0.2, 0) is 10.1 Å². The molecule has 2 atom stereocenters. The Morgan fingerprint density at radius 1 is 0.704 bits per heavy atom. The normalized spacial score (nSPS) is 13.9. The van der Waals surface area contributed by atoms with Crippen LogP contribution in [0.2, 0.25) is 0 Å². The van der Waals surface area contributed by atoms with E-state index in [1.165, 1.54) is 90.4 Å². The Bertz CT molecular complexity index is 401. The zero-order chi connectivity index (χ0) is 19.7. The van der Waals surface area contributed by atoms with Gasteiger partial charge in [-0.1, -0.05) is 110 Å². The third-order valence-corrected chi connectivity index (χ3v) is 6.58. The first-order valence-corrected chi connectivity index (χ1v) is 12.5. The summed E-state index contributed by atoms with van der Waals surface area (Å²) < 4.78 is 32.5. The predicted molar refractivity (Wildman–Crippen MR) is 109 cm³/mol. The molecule has 0 rings (SSSR count). The summed E-state index contributed by atoms with van der Waals surface area (Å²) in [6.07, 6.45) is 19.9. The van der Waals surface area contributed by atoms with Crippen LogP contribution in [0.5, 0.6) is 0 Å². The smallest absolute Gasteiger partial charge is 0.748 e. The second-order valence-electron chi connectivity index (χ2n) is 7.86. The first-order valence-electron chi connectivity index (χ1n) is 11.0. The molecule has 0 saturated carbocycles. The van der Waals surface area contributed by atoms with E-state index in [0.717, 1.165) is 19.3 Å². The van der Waals surface area contributed by atoms with E-state index in [4.69, 9.17) is 0 Å². The van der Waals surface area contributed by atoms with Crippen molar-refractivity contribution in [3.05, 3.63) is 0 Å². The average molecular weight is 415 g/mol. The third-order valence-electron chi connectivity index (χ3n) is 5.35. The third kappa shape index (κ3) is 19.9. The van der Waals surface area contributed by atoms with Crippen molar-refractivity contribution in [2.75, 3.05) is 0 Å². The SMILES string of the molecule is CCCCCCCCCCCCCCCCCCC(O)C(C)S(=O)(=O)[O-].[Na+]. The number of rotatable bonds is 19. The van der Waals surface area contributed by atoms with Crippen molar-refractivity contribution in [1.82, 2.24) is 0 Å². The van der Waals surface area contributed by atoms with Crippen LogP contribution in [0.4, 0.5) is 0 Å². The van der Waals surface area contributed by atoms with Crippen LogP contribution in [0.15, 0.2) is 0 Å². The largest absolute Gasteiger partial charge is 1.00 e. The van der Waals surface area contributed by atoms with E-state index in [1.807, 2.05) is 0 Å². The molecule has 2 unspecified atom stereocenters. The van der Waals surface area contributed by atoms with Crippen molar-refractivity contribution in [2.24, 2.45) is 0 Å². The van der Waals surface area contributed by atoms with Gasteiger partial charge in [-0.05, 0) is 13.3 Å². The fourth-order valence-corrected chi connectivity index (χ4v) is 3.85. The van der Waals surface area contributed by atoms with Crippen LogP contribution in [0.25, 0.3) is 0 Å². The summed E-state index contributed by atoms with van der Waals surface area (Å²) >= 11 is 0. The number of unbranched alkanes of at least 4 members (excludes halogenated alkanes) is 15. The van der Waals surface area contributed by atoms with Crippen LogP contribution < -0.4 is 29.6 Å². The van der Waals surface area contributed by atoms with E-state index in [0.29, 0.717) is 6.42 Å². The average Bonchev–Trinajstić information content (AvgIpc) is 2.59. The molecule has 0 saturated heterocycles. The molecule has 0 spiro atoms. The molecule has 0 bridgehead atoms. The summed E-state index contributed by atoms with van der Waals surface area (Å²) in [6, 6.07) is 0. The minimum absolute atomic E-state index is 0. The Labute approximate surface area is 191 Å². The van der Waals surface area contributed by atoms with E-state index in [1.54, 1.807) is 0 Å². The second kappa shape index (κ2) is 20.2. The maximum Gasteiger partial charge on any atom is 1.00 e. The second-order valence-corrected chi connectivity index (χ2v) is 9.59. The van der Waals surface area contributed by atoms with Gasteiger partial charge in [-0.3, -0.25) is 0 Å². The molecule has 6 heteroatoms. The van der Waals surface area contributed by atoms with Gasteiger partial charge in [-0.25, -0.2) is 8.42 Å². The van der Waals surface area contributed by atoms with Gasteiger partial charge < -0.3 is 9.66 Å². The quantitative estimate of drug-likeness (QED) is 0.200. The Kier molecular flexibility index (Phi) is 22.4. The van der Waals surface area contributed by atoms with E-state index in [-0.39, 0.29) is 29.6 Å². The minimum Gasteiger partial charge on any atom is -0.748 e. The monoisotopic (exact) mass is 414 g/mol. The molecule has 1 N–H and O–H groups in total. The van der Waals surface area contributed by atoms with Gasteiger partial charge in [0, 0.05) is 0 Å². The zero-order valence-corrected chi connectivity index (χ0v) is 21.1. The number of aliphatic hydroxyl groups is 1. The van der Waals surface area contributed by atoms with E-state index in [2.05, 4.69) is 6.92 Å². The van der Waals surface area contributed by atoms with Gasteiger partial charge in [0.1, 0.15) is 0 Å². The number of hydrogen-bond acceptors (Lipinski definition) is 4. The predicted octanol–water partition coefficient (Wildman–Crippen LogP) is 2.94. The fourth-order valence-electron chi connectivity index (χ4n) is 3.33. The molecular weight excluding hydrogens is 371 g/mol. The molecule has 158 valence electrons. The van der Waals surface area contributed by atoms with Crippen molar-refractivity contribution in [3.63, 3.8) is 0 Å². The summed E-state index contributed by atoms with van der Waals surface area (Å²) in [5.74, 6) is 0. The molecule has 0 aromatic rings. The molecule has 0 aromatic carbocycles. The fraction of sp³-hybridized carbons (Fsp3) is 1.00. The van der Waals surface area contributed by atoms with Crippen molar-refractivity contribution >= 4 is 10.1 Å². The van der Waals surface area contributed by atoms with E-state index in [9.17, 15) is 18.1 Å². The van der Waals surface area contributed by atoms with Crippen molar-refractivity contribution in [1.29, 1.82) is 0 Å². The van der Waals surface area contributed by atoms with Gasteiger partial charge in [-0.2, -0.15) is 0 Å². The zero-order valence-electron chi connectivity index (χ0n) is 18.3.